The van der Waals surface area contributed by atoms with Crippen LogP contribution in [0.25, 0.3) is 0 Å². The SMILES string of the molecule is CCCCN(C(=O)Nc1cc(C(N)=O)c(F)cc1F)C1CCN(Cc2ccc(Oc3ccc(NS(C)(=O)=O)cc3)nc2C)CC1. The summed E-state index contributed by atoms with van der Waals surface area (Å²) in [6.45, 7) is 6.50. The average Bonchev–Trinajstić information content (AvgIpc) is 2.97. The number of unbranched alkanes of at least 4 members (excludes halogenated alkanes) is 1. The number of ether oxygens (including phenoxy) is 1. The fourth-order valence-electron chi connectivity index (χ4n) is 5.15. The van der Waals surface area contributed by atoms with Crippen molar-refractivity contribution in [2.24, 2.45) is 5.73 Å². The molecule has 1 aliphatic heterocycles. The minimum Gasteiger partial charge on any atom is -0.439 e. The molecule has 11 nitrogen and oxygen atoms in total. The van der Waals surface area contributed by atoms with Gasteiger partial charge in [-0.3, -0.25) is 14.4 Å². The van der Waals surface area contributed by atoms with Gasteiger partial charge in [-0.2, -0.15) is 0 Å². The number of carbonyl (C=O) groups is 2. The summed E-state index contributed by atoms with van der Waals surface area (Å²) in [6, 6.07) is 11.1. The number of piperidine rings is 1. The minimum atomic E-state index is -3.37. The smallest absolute Gasteiger partial charge is 0.322 e. The van der Waals surface area contributed by atoms with E-state index < -0.39 is 39.2 Å². The number of pyridine rings is 1. The molecule has 1 fully saturated rings. The quantitative estimate of drug-likeness (QED) is 0.245. The predicted molar refractivity (Wildman–Crippen MR) is 168 cm³/mol. The van der Waals surface area contributed by atoms with E-state index in [0.29, 0.717) is 49.3 Å². The van der Waals surface area contributed by atoms with Gasteiger partial charge < -0.3 is 20.7 Å². The number of hydrogen-bond acceptors (Lipinski definition) is 7. The van der Waals surface area contributed by atoms with Crippen LogP contribution in [0.1, 0.15) is 54.2 Å². The van der Waals surface area contributed by atoms with E-state index in [1.165, 1.54) is 0 Å². The number of carbonyl (C=O) groups excluding carboxylic acids is 2. The molecule has 242 valence electrons. The number of hydrogen-bond donors (Lipinski definition) is 3. The van der Waals surface area contributed by atoms with Gasteiger partial charge in [0.2, 0.25) is 15.9 Å². The Kier molecular flexibility index (Phi) is 10.9. The summed E-state index contributed by atoms with van der Waals surface area (Å²) in [5, 5.41) is 2.51. The maximum atomic E-state index is 14.4. The van der Waals surface area contributed by atoms with Crippen LogP contribution >= 0.6 is 0 Å². The van der Waals surface area contributed by atoms with Crippen molar-refractivity contribution >= 4 is 33.3 Å². The Hall–Kier alpha value is -4.30. The Labute approximate surface area is 261 Å². The van der Waals surface area contributed by atoms with Crippen molar-refractivity contribution in [1.82, 2.24) is 14.8 Å². The summed E-state index contributed by atoms with van der Waals surface area (Å²) in [4.78, 5) is 33.3. The van der Waals surface area contributed by atoms with Gasteiger partial charge in [0.1, 0.15) is 17.4 Å². The van der Waals surface area contributed by atoms with Crippen LogP contribution < -0.4 is 20.5 Å². The summed E-state index contributed by atoms with van der Waals surface area (Å²) >= 11 is 0. The number of primary amides is 1. The number of benzene rings is 2. The molecule has 0 unspecified atom stereocenters. The van der Waals surface area contributed by atoms with Crippen LogP contribution in [0.3, 0.4) is 0 Å². The second-order valence-corrected chi connectivity index (χ2v) is 12.8. The monoisotopic (exact) mass is 644 g/mol. The summed E-state index contributed by atoms with van der Waals surface area (Å²) in [5.41, 5.74) is 6.67. The highest BCUT2D eigenvalue weighted by Crippen LogP contribution is 2.26. The molecular weight excluding hydrogens is 606 g/mol. The van der Waals surface area contributed by atoms with E-state index in [1.54, 1.807) is 35.2 Å². The third-order valence-electron chi connectivity index (χ3n) is 7.52. The summed E-state index contributed by atoms with van der Waals surface area (Å²) in [5.74, 6) is -2.20. The number of likely N-dealkylation sites (tertiary alicyclic amines) is 1. The first-order valence-electron chi connectivity index (χ1n) is 14.6. The molecule has 1 saturated heterocycles. The molecule has 45 heavy (non-hydrogen) atoms. The lowest BCUT2D eigenvalue weighted by molar-refractivity contribution is 0.0996. The molecule has 0 spiro atoms. The number of rotatable bonds is 12. The van der Waals surface area contributed by atoms with Crippen LogP contribution in [0.4, 0.5) is 25.0 Å². The summed E-state index contributed by atoms with van der Waals surface area (Å²) in [6.07, 6.45) is 4.10. The Morgan fingerprint density at radius 3 is 2.38 bits per heavy atom. The van der Waals surface area contributed by atoms with Crippen molar-refractivity contribution in [3.8, 4) is 11.6 Å². The molecule has 1 aliphatic rings. The van der Waals surface area contributed by atoms with E-state index in [1.807, 2.05) is 19.9 Å². The third kappa shape index (κ3) is 9.35. The van der Waals surface area contributed by atoms with E-state index >= 15 is 0 Å². The number of halogens is 2. The fourth-order valence-corrected chi connectivity index (χ4v) is 5.71. The molecule has 1 aromatic heterocycles. The molecule has 3 amide bonds. The number of anilines is 2. The first-order valence-corrected chi connectivity index (χ1v) is 16.5. The highest BCUT2D eigenvalue weighted by molar-refractivity contribution is 7.92. The van der Waals surface area contributed by atoms with Gasteiger partial charge in [0.15, 0.2) is 0 Å². The predicted octanol–water partition coefficient (Wildman–Crippen LogP) is 5.23. The van der Waals surface area contributed by atoms with E-state index in [0.717, 1.165) is 49.5 Å². The van der Waals surface area contributed by atoms with Crippen molar-refractivity contribution in [2.45, 2.75) is 52.1 Å². The standard InChI is InChI=1S/C31H38F2N6O5S/c1-4-5-14-39(31(41)36-28-17-25(30(34)40)26(32)18-27(28)33)23-12-15-38(16-13-23)19-21-6-11-29(35-20(21)2)44-24-9-7-22(8-10-24)37-45(3,42)43/h6-11,17-18,23,37H,4-5,12-16,19H2,1-3H3,(H2,34,40)(H,36,41). The van der Waals surface area contributed by atoms with Gasteiger partial charge >= 0.3 is 6.03 Å². The summed E-state index contributed by atoms with van der Waals surface area (Å²) in [7, 11) is -3.37. The zero-order valence-corrected chi connectivity index (χ0v) is 26.3. The molecule has 0 radical (unpaired) electrons. The number of aryl methyl sites for hydroxylation is 1. The molecule has 0 atom stereocenters. The molecule has 4 rings (SSSR count). The molecule has 2 aromatic carbocycles. The molecule has 14 heteroatoms. The second-order valence-electron chi connectivity index (χ2n) is 11.1. The highest BCUT2D eigenvalue weighted by Gasteiger charge is 2.29. The maximum Gasteiger partial charge on any atom is 0.322 e. The van der Waals surface area contributed by atoms with Gasteiger partial charge in [0.05, 0.1) is 17.5 Å². The molecule has 4 N–H and O–H groups in total. The van der Waals surface area contributed by atoms with Crippen LogP contribution in [0.5, 0.6) is 11.6 Å². The van der Waals surface area contributed by atoms with Crippen LogP contribution in [0.15, 0.2) is 48.5 Å². The molecule has 3 aromatic rings. The number of urea groups is 1. The maximum absolute atomic E-state index is 14.4. The number of sulfonamides is 1. The Morgan fingerprint density at radius 2 is 1.78 bits per heavy atom. The van der Waals surface area contributed by atoms with Crippen LogP contribution in [-0.2, 0) is 16.6 Å². The Morgan fingerprint density at radius 1 is 1.09 bits per heavy atom. The van der Waals surface area contributed by atoms with E-state index in [9.17, 15) is 26.8 Å². The number of nitrogens with one attached hydrogen (secondary N) is 2. The van der Waals surface area contributed by atoms with Crippen molar-refractivity contribution in [1.29, 1.82) is 0 Å². The second kappa shape index (κ2) is 14.7. The molecule has 0 bridgehead atoms. The fraction of sp³-hybridized carbons (Fsp3) is 0.387. The van der Waals surface area contributed by atoms with Gasteiger partial charge in [0, 0.05) is 55.7 Å². The average molecular weight is 645 g/mol. The third-order valence-corrected chi connectivity index (χ3v) is 8.13. The largest absolute Gasteiger partial charge is 0.439 e. The molecule has 0 saturated carbocycles. The Balaban J connectivity index is 1.35. The van der Waals surface area contributed by atoms with Gasteiger partial charge in [-0.15, -0.1) is 0 Å². The van der Waals surface area contributed by atoms with E-state index in [2.05, 4.69) is 19.9 Å². The topological polar surface area (TPSA) is 147 Å². The lowest BCUT2D eigenvalue weighted by Gasteiger charge is -2.38. The zero-order chi connectivity index (χ0) is 32.7. The van der Waals surface area contributed by atoms with Crippen LogP contribution in [0, 0.1) is 18.6 Å². The van der Waals surface area contributed by atoms with Crippen molar-refractivity contribution in [2.75, 3.05) is 35.9 Å². The molecule has 0 aliphatic carbocycles. The minimum absolute atomic E-state index is 0.0825. The van der Waals surface area contributed by atoms with Crippen molar-refractivity contribution in [3.05, 3.63) is 77.0 Å². The zero-order valence-electron chi connectivity index (χ0n) is 25.5. The number of nitrogens with two attached hydrogens (primary N) is 1. The first kappa shape index (κ1) is 33.6. The van der Waals surface area contributed by atoms with E-state index in [4.69, 9.17) is 10.5 Å². The van der Waals surface area contributed by atoms with Crippen molar-refractivity contribution < 1.29 is 31.5 Å². The number of aromatic nitrogens is 1. The van der Waals surface area contributed by atoms with Crippen LogP contribution in [0.2, 0.25) is 0 Å². The highest BCUT2D eigenvalue weighted by atomic mass is 32.2. The van der Waals surface area contributed by atoms with E-state index in [-0.39, 0.29) is 11.7 Å². The lowest BCUT2D eigenvalue weighted by Crippen LogP contribution is -2.49. The van der Waals surface area contributed by atoms with Crippen molar-refractivity contribution in [3.63, 3.8) is 0 Å². The molecular formula is C31H38F2N6O5S. The first-order chi connectivity index (χ1) is 21.3. The summed E-state index contributed by atoms with van der Waals surface area (Å²) < 4.78 is 59.4. The normalized spacial score (nSPS) is 14.2. The number of amides is 3. The van der Waals surface area contributed by atoms with Gasteiger partial charge in [-0.25, -0.2) is 27.0 Å². The van der Waals surface area contributed by atoms with Gasteiger partial charge in [0.25, 0.3) is 5.91 Å². The number of nitrogens with zero attached hydrogens (tertiary/aromatic N) is 3. The molecule has 2 heterocycles. The van der Waals surface area contributed by atoms with Gasteiger partial charge in [-0.05, 0) is 62.1 Å². The van der Waals surface area contributed by atoms with Crippen LogP contribution in [-0.4, -0.2) is 67.1 Å². The van der Waals surface area contributed by atoms with Gasteiger partial charge in [-0.1, -0.05) is 19.4 Å². The Bertz CT molecular complexity index is 1630. The lowest BCUT2D eigenvalue weighted by atomic mass is 10.0.